The summed E-state index contributed by atoms with van der Waals surface area (Å²) >= 11 is 1.32. The molecule has 2 aromatic rings. The molecule has 0 aliphatic carbocycles. The summed E-state index contributed by atoms with van der Waals surface area (Å²) in [6.45, 7) is 4.77. The average molecular weight is 596 g/mol. The molecular weight excluding hydrogens is 559 g/mol. The number of halogens is 3. The molecule has 6 N–H and O–H groups in total. The van der Waals surface area contributed by atoms with Gasteiger partial charge in [0.1, 0.15) is 18.5 Å². The van der Waals surface area contributed by atoms with Gasteiger partial charge in [-0.1, -0.05) is 26.0 Å². The van der Waals surface area contributed by atoms with Crippen LogP contribution in [-0.4, -0.2) is 65.6 Å². The minimum Gasteiger partial charge on any atom is -0.463 e. The highest BCUT2D eigenvalue weighted by atomic mass is 32.2. The molecule has 1 saturated heterocycles. The van der Waals surface area contributed by atoms with Crippen molar-refractivity contribution in [3.8, 4) is 0 Å². The Hall–Kier alpha value is -3.29. The number of hydrogen-bond donors (Lipinski definition) is 4. The van der Waals surface area contributed by atoms with Crippen LogP contribution in [0.2, 0.25) is 0 Å². The van der Waals surface area contributed by atoms with Crippen LogP contribution in [0.1, 0.15) is 31.4 Å². The molecule has 1 aliphatic heterocycles. The lowest BCUT2D eigenvalue weighted by molar-refractivity contribution is -0.145. The van der Waals surface area contributed by atoms with Gasteiger partial charge in [-0.15, -0.1) is 11.8 Å². The van der Waals surface area contributed by atoms with Crippen molar-refractivity contribution in [3.63, 3.8) is 0 Å². The Balaban J connectivity index is 1.51. The summed E-state index contributed by atoms with van der Waals surface area (Å²) in [6, 6.07) is 7.01. The molecule has 0 radical (unpaired) electrons. The van der Waals surface area contributed by atoms with E-state index in [0.29, 0.717) is 24.1 Å². The maximum Gasteiger partial charge on any atom is 0.328 e. The van der Waals surface area contributed by atoms with Crippen molar-refractivity contribution in [3.05, 3.63) is 65.0 Å². The molecule has 0 bridgehead atoms. The highest BCUT2D eigenvalue weighted by molar-refractivity contribution is 8.00. The largest absolute Gasteiger partial charge is 0.463 e. The monoisotopic (exact) mass is 595 g/mol. The van der Waals surface area contributed by atoms with E-state index >= 15 is 0 Å². The van der Waals surface area contributed by atoms with Crippen molar-refractivity contribution >= 4 is 35.2 Å². The first-order chi connectivity index (χ1) is 19.5. The zero-order valence-corrected chi connectivity index (χ0v) is 23.8. The summed E-state index contributed by atoms with van der Waals surface area (Å²) in [5.74, 6) is -4.00. The predicted molar refractivity (Wildman–Crippen MR) is 151 cm³/mol. The van der Waals surface area contributed by atoms with Crippen LogP contribution in [0, 0.1) is 23.4 Å². The van der Waals surface area contributed by atoms with E-state index in [9.17, 15) is 27.6 Å². The highest BCUT2D eigenvalue weighted by Gasteiger charge is 2.35. The van der Waals surface area contributed by atoms with Gasteiger partial charge in [-0.3, -0.25) is 9.59 Å². The first kappa shape index (κ1) is 32.2. The second-order valence-corrected chi connectivity index (χ2v) is 11.3. The molecule has 13 heteroatoms. The zero-order valence-electron chi connectivity index (χ0n) is 23.0. The molecule has 41 heavy (non-hydrogen) atoms. The van der Waals surface area contributed by atoms with Crippen molar-refractivity contribution in [1.29, 1.82) is 0 Å². The maximum absolute atomic E-state index is 14.0. The third kappa shape index (κ3) is 9.10. The van der Waals surface area contributed by atoms with E-state index in [1.165, 1.54) is 16.7 Å². The Morgan fingerprint density at radius 2 is 1.78 bits per heavy atom. The summed E-state index contributed by atoms with van der Waals surface area (Å²) in [5.41, 5.74) is 12.8. The van der Waals surface area contributed by atoms with Gasteiger partial charge in [0.05, 0.1) is 0 Å². The Bertz CT molecular complexity index is 1220. The summed E-state index contributed by atoms with van der Waals surface area (Å²) in [6.07, 6.45) is -0.349. The third-order valence-corrected chi connectivity index (χ3v) is 7.67. The maximum atomic E-state index is 14.0. The van der Waals surface area contributed by atoms with Gasteiger partial charge in [-0.2, -0.15) is 0 Å². The third-order valence-electron chi connectivity index (χ3n) is 6.47. The van der Waals surface area contributed by atoms with Crippen molar-refractivity contribution in [1.82, 2.24) is 10.2 Å². The van der Waals surface area contributed by atoms with Gasteiger partial charge in [0.15, 0.2) is 17.0 Å². The van der Waals surface area contributed by atoms with E-state index in [-0.39, 0.29) is 61.8 Å². The SMILES string of the molecule is CC(C)C(Nc1ccc(CNC(=O)[C@@H]2SCCN2C(=O)C[C@H](N)Cc2cc(F)c(F)cc2F)cc1)C(=O)OCCN. The lowest BCUT2D eigenvalue weighted by Crippen LogP contribution is -2.46. The fraction of sp³-hybridized carbons (Fsp3) is 0.464. The van der Waals surface area contributed by atoms with Crippen LogP contribution in [0.5, 0.6) is 0 Å². The number of thioether (sulfide) groups is 1. The van der Waals surface area contributed by atoms with Gasteiger partial charge in [0, 0.05) is 49.6 Å². The van der Waals surface area contributed by atoms with Gasteiger partial charge in [-0.25, -0.2) is 18.0 Å². The molecule has 1 fully saturated rings. The van der Waals surface area contributed by atoms with Crippen LogP contribution in [0.3, 0.4) is 0 Å². The van der Waals surface area contributed by atoms with E-state index in [1.807, 2.05) is 26.0 Å². The smallest absolute Gasteiger partial charge is 0.328 e. The van der Waals surface area contributed by atoms with Crippen LogP contribution < -0.4 is 22.1 Å². The van der Waals surface area contributed by atoms with Crippen molar-refractivity contribution in [2.24, 2.45) is 17.4 Å². The standard InChI is InChI=1S/C28H36F3N5O4S/c1-16(2)25(28(39)40-9-7-32)35-20-5-3-17(4-6-20)15-34-26(38)27-36(8-10-41-27)24(37)13-19(33)11-18-12-22(30)23(31)14-21(18)29/h3-6,12,14,16,19,25,27,35H,7-11,13,15,32-33H2,1-2H3,(H,34,38)/t19-,25?,27+/m1/s1. The van der Waals surface area contributed by atoms with Crippen LogP contribution in [0.25, 0.3) is 0 Å². The number of amides is 2. The predicted octanol–water partition coefficient (Wildman–Crippen LogP) is 2.52. The Kier molecular flexibility index (Phi) is 11.9. The van der Waals surface area contributed by atoms with Crippen LogP contribution >= 0.6 is 11.8 Å². The molecule has 0 aromatic heterocycles. The number of nitrogens with two attached hydrogens (primary N) is 2. The second-order valence-electron chi connectivity index (χ2n) is 10.1. The van der Waals surface area contributed by atoms with Gasteiger partial charge in [0.25, 0.3) is 5.91 Å². The number of benzene rings is 2. The van der Waals surface area contributed by atoms with Crippen LogP contribution in [0.4, 0.5) is 18.9 Å². The fourth-order valence-corrected chi connectivity index (χ4v) is 5.44. The van der Waals surface area contributed by atoms with Gasteiger partial charge >= 0.3 is 5.97 Å². The molecular formula is C28H36F3N5O4S. The Labute approximate surface area is 241 Å². The summed E-state index contributed by atoms with van der Waals surface area (Å²) in [5, 5.41) is 5.26. The number of esters is 1. The molecule has 0 spiro atoms. The molecule has 2 amide bonds. The molecule has 0 saturated carbocycles. The fourth-order valence-electron chi connectivity index (χ4n) is 4.28. The van der Waals surface area contributed by atoms with E-state index < -0.39 is 34.9 Å². The van der Waals surface area contributed by atoms with Crippen molar-refractivity contribution < 1.29 is 32.3 Å². The molecule has 224 valence electrons. The first-order valence-electron chi connectivity index (χ1n) is 13.3. The van der Waals surface area contributed by atoms with E-state index in [0.717, 1.165) is 11.6 Å². The van der Waals surface area contributed by atoms with E-state index in [4.69, 9.17) is 16.2 Å². The number of rotatable bonds is 13. The lowest BCUT2D eigenvalue weighted by atomic mass is 10.0. The molecule has 3 rings (SSSR count). The zero-order chi connectivity index (χ0) is 30.1. The lowest BCUT2D eigenvalue weighted by Gasteiger charge is -2.24. The molecule has 9 nitrogen and oxygen atoms in total. The van der Waals surface area contributed by atoms with Crippen molar-refractivity contribution in [2.45, 2.75) is 50.7 Å². The number of carbonyl (C=O) groups is 3. The number of anilines is 1. The Morgan fingerprint density at radius 3 is 2.44 bits per heavy atom. The minimum atomic E-state index is -1.30. The van der Waals surface area contributed by atoms with Gasteiger partial charge < -0.3 is 31.7 Å². The van der Waals surface area contributed by atoms with Crippen LogP contribution in [-0.2, 0) is 32.1 Å². The van der Waals surface area contributed by atoms with Gasteiger partial charge in [0.2, 0.25) is 5.91 Å². The van der Waals surface area contributed by atoms with E-state index in [1.54, 1.807) is 12.1 Å². The summed E-state index contributed by atoms with van der Waals surface area (Å²) in [7, 11) is 0. The first-order valence-corrected chi connectivity index (χ1v) is 14.3. The number of nitrogens with one attached hydrogen (secondary N) is 2. The normalized spacial score (nSPS) is 16.4. The quantitative estimate of drug-likeness (QED) is 0.205. The minimum absolute atomic E-state index is 0.0181. The average Bonchev–Trinajstić information content (AvgIpc) is 3.43. The van der Waals surface area contributed by atoms with Crippen molar-refractivity contribution in [2.75, 3.05) is 30.8 Å². The molecule has 1 heterocycles. The summed E-state index contributed by atoms with van der Waals surface area (Å²) < 4.78 is 45.8. The molecule has 2 aromatic carbocycles. The number of carbonyl (C=O) groups excluding carboxylic acids is 3. The molecule has 3 atom stereocenters. The number of ether oxygens (including phenoxy) is 1. The highest BCUT2D eigenvalue weighted by Crippen LogP contribution is 2.26. The van der Waals surface area contributed by atoms with Gasteiger partial charge in [-0.05, 0) is 41.7 Å². The Morgan fingerprint density at radius 1 is 1.10 bits per heavy atom. The topological polar surface area (TPSA) is 140 Å². The number of nitrogens with zero attached hydrogens (tertiary/aromatic N) is 1. The molecule has 1 unspecified atom stereocenters. The van der Waals surface area contributed by atoms with Crippen LogP contribution in [0.15, 0.2) is 36.4 Å². The van der Waals surface area contributed by atoms with E-state index in [2.05, 4.69) is 10.6 Å². The summed E-state index contributed by atoms with van der Waals surface area (Å²) in [4.78, 5) is 39.5. The molecule has 1 aliphatic rings. The number of hydrogen-bond acceptors (Lipinski definition) is 8. The second kappa shape index (κ2) is 15.1.